The molecule has 0 unspecified atom stereocenters. The van der Waals surface area contributed by atoms with Crippen molar-refractivity contribution in [1.29, 1.82) is 0 Å². The van der Waals surface area contributed by atoms with Crippen LogP contribution in [0.4, 0.5) is 5.82 Å². The number of para-hydroxylation sites is 1. The number of aromatic amines is 1. The average molecular weight is 242 g/mol. The number of anilines is 1. The Morgan fingerprint density at radius 2 is 2.22 bits per heavy atom. The molecule has 1 amide bonds. The van der Waals surface area contributed by atoms with Gasteiger partial charge in [-0.25, -0.2) is 0 Å². The Bertz CT molecular complexity index is 713. The fourth-order valence-electron chi connectivity index (χ4n) is 1.72. The lowest BCUT2D eigenvalue weighted by Crippen LogP contribution is -2.13. The Labute approximate surface area is 102 Å². The number of aromatic nitrogens is 5. The molecule has 0 aliphatic heterocycles. The Morgan fingerprint density at radius 3 is 3.00 bits per heavy atom. The molecule has 90 valence electrons. The van der Waals surface area contributed by atoms with E-state index in [-0.39, 0.29) is 5.91 Å². The van der Waals surface area contributed by atoms with Crippen molar-refractivity contribution in [3.8, 4) is 0 Å². The molecule has 0 radical (unpaired) electrons. The van der Waals surface area contributed by atoms with Gasteiger partial charge < -0.3 is 5.32 Å². The largest absolute Gasteiger partial charge is 0.302 e. The van der Waals surface area contributed by atoms with E-state index in [1.54, 1.807) is 13.2 Å². The van der Waals surface area contributed by atoms with E-state index in [1.807, 2.05) is 24.3 Å². The Balaban J connectivity index is 1.92. The van der Waals surface area contributed by atoms with Crippen LogP contribution in [0.15, 0.2) is 30.5 Å². The number of carbonyl (C=O) groups is 1. The molecular formula is C11H10N6O. The second-order valence-corrected chi connectivity index (χ2v) is 3.85. The molecule has 0 saturated heterocycles. The highest BCUT2D eigenvalue weighted by Gasteiger charge is 2.14. The number of aryl methyl sites for hydroxylation is 1. The highest BCUT2D eigenvalue weighted by Crippen LogP contribution is 2.15. The van der Waals surface area contributed by atoms with Gasteiger partial charge >= 0.3 is 0 Å². The summed E-state index contributed by atoms with van der Waals surface area (Å²) in [6.45, 7) is 0. The zero-order valence-corrected chi connectivity index (χ0v) is 9.58. The molecule has 0 fully saturated rings. The minimum absolute atomic E-state index is 0.312. The maximum absolute atomic E-state index is 12.0. The SMILES string of the molecule is Cn1cc(NC(=O)c2n[nH]c3ccccc23)nn1. The van der Waals surface area contributed by atoms with Gasteiger partial charge in [0.1, 0.15) is 0 Å². The van der Waals surface area contributed by atoms with E-state index < -0.39 is 0 Å². The van der Waals surface area contributed by atoms with Crippen molar-refractivity contribution >= 4 is 22.6 Å². The zero-order valence-electron chi connectivity index (χ0n) is 9.58. The summed E-state index contributed by atoms with van der Waals surface area (Å²) in [5.74, 6) is 0.0857. The number of H-pyrrole nitrogens is 1. The van der Waals surface area contributed by atoms with Crippen LogP contribution in [-0.4, -0.2) is 31.1 Å². The number of fused-ring (bicyclic) bond motifs is 1. The summed E-state index contributed by atoms with van der Waals surface area (Å²) >= 11 is 0. The Kier molecular flexibility index (Phi) is 2.30. The molecule has 1 aromatic carbocycles. The topological polar surface area (TPSA) is 88.5 Å². The first-order valence-electron chi connectivity index (χ1n) is 5.35. The summed E-state index contributed by atoms with van der Waals surface area (Å²) in [4.78, 5) is 12.0. The van der Waals surface area contributed by atoms with E-state index in [9.17, 15) is 4.79 Å². The lowest BCUT2D eigenvalue weighted by Gasteiger charge is -1.97. The van der Waals surface area contributed by atoms with E-state index in [0.29, 0.717) is 11.5 Å². The highest BCUT2D eigenvalue weighted by atomic mass is 16.2. The van der Waals surface area contributed by atoms with Crippen LogP contribution in [0.3, 0.4) is 0 Å². The molecule has 0 saturated carbocycles. The van der Waals surface area contributed by atoms with Crippen molar-refractivity contribution in [2.75, 3.05) is 5.32 Å². The van der Waals surface area contributed by atoms with E-state index in [2.05, 4.69) is 25.8 Å². The van der Waals surface area contributed by atoms with Gasteiger partial charge in [-0.2, -0.15) is 5.10 Å². The molecule has 3 rings (SSSR count). The quantitative estimate of drug-likeness (QED) is 0.700. The number of hydrogen-bond donors (Lipinski definition) is 2. The first-order chi connectivity index (χ1) is 8.74. The third-order valence-corrected chi connectivity index (χ3v) is 2.53. The molecule has 0 spiro atoms. The maximum atomic E-state index is 12.0. The Hall–Kier alpha value is -2.70. The van der Waals surface area contributed by atoms with Crippen molar-refractivity contribution in [3.63, 3.8) is 0 Å². The van der Waals surface area contributed by atoms with Crippen LogP contribution in [0, 0.1) is 0 Å². The summed E-state index contributed by atoms with van der Waals surface area (Å²) in [6, 6.07) is 7.44. The van der Waals surface area contributed by atoms with Crippen molar-refractivity contribution < 1.29 is 4.79 Å². The van der Waals surface area contributed by atoms with Crippen molar-refractivity contribution in [2.45, 2.75) is 0 Å². The maximum Gasteiger partial charge on any atom is 0.278 e. The monoisotopic (exact) mass is 242 g/mol. The number of benzene rings is 1. The van der Waals surface area contributed by atoms with E-state index in [4.69, 9.17) is 0 Å². The molecule has 0 aliphatic carbocycles. The molecule has 2 aromatic heterocycles. The van der Waals surface area contributed by atoms with Gasteiger partial charge in [-0.05, 0) is 6.07 Å². The third kappa shape index (κ3) is 1.71. The van der Waals surface area contributed by atoms with Gasteiger partial charge in [0, 0.05) is 12.4 Å². The van der Waals surface area contributed by atoms with Crippen LogP contribution in [0.2, 0.25) is 0 Å². The van der Waals surface area contributed by atoms with Gasteiger partial charge in [-0.1, -0.05) is 23.4 Å². The van der Waals surface area contributed by atoms with Crippen LogP contribution < -0.4 is 5.32 Å². The number of carbonyl (C=O) groups excluding carboxylic acids is 1. The summed E-state index contributed by atoms with van der Waals surface area (Å²) in [5, 5.41) is 17.8. The summed E-state index contributed by atoms with van der Waals surface area (Å²) < 4.78 is 1.51. The molecule has 3 aromatic rings. The highest BCUT2D eigenvalue weighted by molar-refractivity contribution is 6.10. The van der Waals surface area contributed by atoms with Gasteiger partial charge in [0.25, 0.3) is 5.91 Å². The predicted octanol–water partition coefficient (Wildman–Crippen LogP) is 0.944. The number of amides is 1. The second kappa shape index (κ2) is 3.95. The van der Waals surface area contributed by atoms with Crippen LogP contribution in [-0.2, 0) is 7.05 Å². The zero-order chi connectivity index (χ0) is 12.5. The minimum Gasteiger partial charge on any atom is -0.302 e. The predicted molar refractivity (Wildman–Crippen MR) is 65.0 cm³/mol. The molecule has 7 heteroatoms. The average Bonchev–Trinajstić information content (AvgIpc) is 2.95. The fourth-order valence-corrected chi connectivity index (χ4v) is 1.72. The van der Waals surface area contributed by atoms with Gasteiger partial charge in [-0.15, -0.1) is 5.10 Å². The van der Waals surface area contributed by atoms with E-state index >= 15 is 0 Å². The normalized spacial score (nSPS) is 10.7. The molecule has 2 N–H and O–H groups in total. The van der Waals surface area contributed by atoms with Gasteiger partial charge in [0.15, 0.2) is 11.5 Å². The minimum atomic E-state index is -0.312. The standard InChI is InChI=1S/C11H10N6O/c1-17-6-9(14-16-17)12-11(18)10-7-4-2-3-5-8(7)13-15-10/h2-6H,1H3,(H,12,18)(H,13,15). The van der Waals surface area contributed by atoms with Crippen molar-refractivity contribution in [1.82, 2.24) is 25.2 Å². The molecule has 18 heavy (non-hydrogen) atoms. The molecule has 7 nitrogen and oxygen atoms in total. The van der Waals surface area contributed by atoms with Gasteiger partial charge in [0.05, 0.1) is 11.7 Å². The van der Waals surface area contributed by atoms with Crippen LogP contribution in [0.5, 0.6) is 0 Å². The summed E-state index contributed by atoms with van der Waals surface area (Å²) in [5.41, 5.74) is 1.16. The van der Waals surface area contributed by atoms with Gasteiger partial charge in [-0.3, -0.25) is 14.6 Å². The first-order valence-corrected chi connectivity index (χ1v) is 5.35. The third-order valence-electron chi connectivity index (χ3n) is 2.53. The molecule has 2 heterocycles. The molecule has 0 atom stereocenters. The molecule has 0 aliphatic rings. The lowest BCUT2D eigenvalue weighted by atomic mass is 10.2. The summed E-state index contributed by atoms with van der Waals surface area (Å²) in [6.07, 6.45) is 1.62. The number of rotatable bonds is 2. The fraction of sp³-hybridized carbons (Fsp3) is 0.0909. The van der Waals surface area contributed by atoms with Crippen LogP contribution >= 0.6 is 0 Å². The number of hydrogen-bond acceptors (Lipinski definition) is 4. The van der Waals surface area contributed by atoms with Crippen molar-refractivity contribution in [3.05, 3.63) is 36.2 Å². The molecule has 0 bridgehead atoms. The lowest BCUT2D eigenvalue weighted by molar-refractivity contribution is 0.102. The Morgan fingerprint density at radius 1 is 1.39 bits per heavy atom. The number of nitrogens with zero attached hydrogens (tertiary/aromatic N) is 4. The van der Waals surface area contributed by atoms with Crippen LogP contribution in [0.25, 0.3) is 10.9 Å². The van der Waals surface area contributed by atoms with Crippen molar-refractivity contribution in [2.24, 2.45) is 7.05 Å². The van der Waals surface area contributed by atoms with Crippen LogP contribution in [0.1, 0.15) is 10.5 Å². The smallest absolute Gasteiger partial charge is 0.278 e. The summed E-state index contributed by atoms with van der Waals surface area (Å²) in [7, 11) is 1.73. The second-order valence-electron chi connectivity index (χ2n) is 3.85. The van der Waals surface area contributed by atoms with E-state index in [1.165, 1.54) is 4.68 Å². The van der Waals surface area contributed by atoms with E-state index in [0.717, 1.165) is 10.9 Å². The molecular weight excluding hydrogens is 232 g/mol. The van der Waals surface area contributed by atoms with Gasteiger partial charge in [0.2, 0.25) is 0 Å². The first kappa shape index (κ1) is 10.5. The number of nitrogens with one attached hydrogen (secondary N) is 2.